The number of carbonyl (C=O) groups is 1. The molecule has 0 amide bonds. The van der Waals surface area contributed by atoms with Crippen LogP contribution in [-0.4, -0.2) is 11.9 Å². The lowest BCUT2D eigenvalue weighted by Gasteiger charge is -2.14. The fourth-order valence-corrected chi connectivity index (χ4v) is 2.01. The molecule has 0 saturated carbocycles. The van der Waals surface area contributed by atoms with Gasteiger partial charge >= 0.3 is 0 Å². The van der Waals surface area contributed by atoms with Gasteiger partial charge in [0, 0.05) is 10.6 Å². The lowest BCUT2D eigenvalue weighted by Crippen LogP contribution is -2.23. The van der Waals surface area contributed by atoms with Gasteiger partial charge in [-0.1, -0.05) is 23.7 Å². The first-order chi connectivity index (χ1) is 9.47. The van der Waals surface area contributed by atoms with Gasteiger partial charge in [-0.15, -0.1) is 0 Å². The van der Waals surface area contributed by atoms with Crippen molar-refractivity contribution in [3.63, 3.8) is 0 Å². The van der Waals surface area contributed by atoms with Gasteiger partial charge in [-0.3, -0.25) is 4.79 Å². The van der Waals surface area contributed by atoms with E-state index in [0.29, 0.717) is 21.9 Å². The Bertz CT molecular complexity index is 640. The summed E-state index contributed by atoms with van der Waals surface area (Å²) >= 11 is 5.86. The Hall–Kier alpha value is -1.87. The van der Waals surface area contributed by atoms with Gasteiger partial charge < -0.3 is 4.74 Å². The molecular weight excluding hydrogens is 279 g/mol. The lowest BCUT2D eigenvalue weighted by molar-refractivity contribution is 0.0818. The van der Waals surface area contributed by atoms with Crippen molar-refractivity contribution in [3.05, 3.63) is 64.4 Å². The third-order valence-corrected chi connectivity index (χ3v) is 3.16. The lowest BCUT2D eigenvalue weighted by atomic mass is 10.1. The average molecular weight is 293 g/mol. The van der Waals surface area contributed by atoms with Crippen LogP contribution in [-0.2, 0) is 0 Å². The van der Waals surface area contributed by atoms with Crippen molar-refractivity contribution in [1.29, 1.82) is 0 Å². The largest absolute Gasteiger partial charge is 0.483 e. The number of hydrogen-bond donors (Lipinski definition) is 0. The summed E-state index contributed by atoms with van der Waals surface area (Å²) in [6, 6.07) is 11.1. The molecule has 0 N–H and O–H groups in total. The van der Waals surface area contributed by atoms with Crippen LogP contribution in [0.2, 0.25) is 5.02 Å². The molecule has 1 unspecified atom stereocenters. The fraction of sp³-hybridized carbons (Fsp3) is 0.188. The van der Waals surface area contributed by atoms with Crippen LogP contribution < -0.4 is 4.74 Å². The Morgan fingerprint density at radius 3 is 2.65 bits per heavy atom. The minimum absolute atomic E-state index is 0.172. The summed E-state index contributed by atoms with van der Waals surface area (Å²) in [5.41, 5.74) is 0.966. The number of halogens is 2. The van der Waals surface area contributed by atoms with Gasteiger partial charge in [0.25, 0.3) is 0 Å². The minimum atomic E-state index is -0.668. The fourth-order valence-electron chi connectivity index (χ4n) is 1.82. The highest BCUT2D eigenvalue weighted by Crippen LogP contribution is 2.19. The number of aryl methyl sites for hydroxylation is 1. The SMILES string of the molecule is Cc1cc(OC(C)C(=O)c2cccc(Cl)c2)ccc1F. The van der Waals surface area contributed by atoms with Crippen molar-refractivity contribution in [3.8, 4) is 5.75 Å². The first-order valence-corrected chi connectivity index (χ1v) is 6.58. The molecular formula is C16H14ClFO2. The predicted octanol–water partition coefficient (Wildman–Crippen LogP) is 4.44. The quantitative estimate of drug-likeness (QED) is 0.779. The van der Waals surface area contributed by atoms with Crippen LogP contribution in [0.1, 0.15) is 22.8 Å². The highest BCUT2D eigenvalue weighted by Gasteiger charge is 2.17. The van der Waals surface area contributed by atoms with Crippen molar-refractivity contribution >= 4 is 17.4 Å². The molecule has 0 saturated heterocycles. The van der Waals surface area contributed by atoms with E-state index in [1.165, 1.54) is 12.1 Å². The first kappa shape index (κ1) is 14.5. The molecule has 0 aromatic heterocycles. The van der Waals surface area contributed by atoms with Crippen molar-refractivity contribution in [2.45, 2.75) is 20.0 Å². The average Bonchev–Trinajstić information content (AvgIpc) is 2.42. The van der Waals surface area contributed by atoms with Crippen LogP contribution in [0.3, 0.4) is 0 Å². The second kappa shape index (κ2) is 6.06. The second-order valence-electron chi connectivity index (χ2n) is 4.55. The molecule has 0 radical (unpaired) electrons. The molecule has 0 heterocycles. The van der Waals surface area contributed by atoms with E-state index in [0.717, 1.165) is 0 Å². The number of hydrogen-bond acceptors (Lipinski definition) is 2. The topological polar surface area (TPSA) is 26.3 Å². The zero-order valence-electron chi connectivity index (χ0n) is 11.2. The molecule has 0 aliphatic carbocycles. The van der Waals surface area contributed by atoms with E-state index in [-0.39, 0.29) is 11.6 Å². The molecule has 2 aromatic rings. The van der Waals surface area contributed by atoms with Crippen LogP contribution in [0.4, 0.5) is 4.39 Å². The number of rotatable bonds is 4. The number of carbonyl (C=O) groups excluding carboxylic acids is 1. The number of ether oxygens (including phenoxy) is 1. The van der Waals surface area contributed by atoms with E-state index in [9.17, 15) is 9.18 Å². The summed E-state index contributed by atoms with van der Waals surface area (Å²) in [6.07, 6.45) is -0.668. The van der Waals surface area contributed by atoms with Crippen LogP contribution >= 0.6 is 11.6 Å². The van der Waals surface area contributed by atoms with Gasteiger partial charge in [0.15, 0.2) is 6.10 Å². The Morgan fingerprint density at radius 1 is 1.25 bits per heavy atom. The first-order valence-electron chi connectivity index (χ1n) is 6.20. The maximum Gasteiger partial charge on any atom is 0.203 e. The minimum Gasteiger partial charge on any atom is -0.483 e. The molecule has 104 valence electrons. The Kier molecular flexibility index (Phi) is 4.40. The predicted molar refractivity (Wildman–Crippen MR) is 77.0 cm³/mol. The molecule has 2 nitrogen and oxygen atoms in total. The molecule has 2 aromatic carbocycles. The molecule has 0 spiro atoms. The van der Waals surface area contributed by atoms with Gasteiger partial charge in [0.2, 0.25) is 5.78 Å². The van der Waals surface area contributed by atoms with Crippen molar-refractivity contribution in [2.24, 2.45) is 0 Å². The Morgan fingerprint density at radius 2 is 2.00 bits per heavy atom. The molecule has 20 heavy (non-hydrogen) atoms. The van der Waals surface area contributed by atoms with Gasteiger partial charge in [0.05, 0.1) is 0 Å². The van der Waals surface area contributed by atoms with E-state index in [2.05, 4.69) is 0 Å². The summed E-state index contributed by atoms with van der Waals surface area (Å²) in [5.74, 6) is -0.00701. The molecule has 0 aliphatic rings. The monoisotopic (exact) mass is 292 g/mol. The van der Waals surface area contributed by atoms with Gasteiger partial charge in [-0.2, -0.15) is 0 Å². The van der Waals surface area contributed by atoms with Crippen molar-refractivity contribution in [1.82, 2.24) is 0 Å². The zero-order chi connectivity index (χ0) is 14.7. The standard InChI is InChI=1S/C16H14ClFO2/c1-10-8-14(6-7-15(10)18)20-11(2)16(19)12-4-3-5-13(17)9-12/h3-9,11H,1-2H3. The third kappa shape index (κ3) is 3.36. The van der Waals surface area contributed by atoms with E-state index in [1.54, 1.807) is 44.2 Å². The van der Waals surface area contributed by atoms with E-state index >= 15 is 0 Å². The summed E-state index contributed by atoms with van der Waals surface area (Å²) < 4.78 is 18.7. The van der Waals surface area contributed by atoms with Crippen molar-refractivity contribution < 1.29 is 13.9 Å². The van der Waals surface area contributed by atoms with Crippen LogP contribution in [0.15, 0.2) is 42.5 Å². The Labute approximate surface area is 122 Å². The van der Waals surface area contributed by atoms with Crippen LogP contribution in [0.5, 0.6) is 5.75 Å². The van der Waals surface area contributed by atoms with Gasteiger partial charge in [-0.25, -0.2) is 4.39 Å². The van der Waals surface area contributed by atoms with Gasteiger partial charge in [0.1, 0.15) is 11.6 Å². The third-order valence-electron chi connectivity index (χ3n) is 2.92. The van der Waals surface area contributed by atoms with Crippen molar-refractivity contribution in [2.75, 3.05) is 0 Å². The normalized spacial score (nSPS) is 12.0. The molecule has 0 bridgehead atoms. The smallest absolute Gasteiger partial charge is 0.203 e. The summed E-state index contributed by atoms with van der Waals surface area (Å²) in [7, 11) is 0. The van der Waals surface area contributed by atoms with Gasteiger partial charge in [-0.05, 0) is 49.7 Å². The molecule has 0 aliphatic heterocycles. The number of Topliss-reactive ketones (excluding diaryl/α,β-unsaturated/α-hetero) is 1. The Balaban J connectivity index is 2.13. The number of ketones is 1. The zero-order valence-corrected chi connectivity index (χ0v) is 11.9. The molecule has 1 atom stereocenters. The second-order valence-corrected chi connectivity index (χ2v) is 4.98. The molecule has 0 fully saturated rings. The molecule has 4 heteroatoms. The van der Waals surface area contributed by atoms with E-state index in [1.807, 2.05) is 0 Å². The summed E-state index contributed by atoms with van der Waals surface area (Å²) in [4.78, 5) is 12.2. The summed E-state index contributed by atoms with van der Waals surface area (Å²) in [5, 5.41) is 0.501. The molecule has 2 rings (SSSR count). The van der Waals surface area contributed by atoms with E-state index in [4.69, 9.17) is 16.3 Å². The highest BCUT2D eigenvalue weighted by atomic mass is 35.5. The highest BCUT2D eigenvalue weighted by molar-refractivity contribution is 6.31. The number of benzene rings is 2. The summed E-state index contributed by atoms with van der Waals surface area (Å²) in [6.45, 7) is 3.30. The maximum atomic E-state index is 13.2. The maximum absolute atomic E-state index is 13.2. The van der Waals surface area contributed by atoms with Crippen LogP contribution in [0.25, 0.3) is 0 Å². The van der Waals surface area contributed by atoms with E-state index < -0.39 is 6.10 Å². The van der Waals surface area contributed by atoms with Crippen LogP contribution in [0, 0.1) is 12.7 Å².